The van der Waals surface area contributed by atoms with Crippen molar-refractivity contribution in [2.24, 2.45) is 0 Å². The van der Waals surface area contributed by atoms with Gasteiger partial charge in [-0.2, -0.15) is 0 Å². The van der Waals surface area contributed by atoms with Crippen LogP contribution in [0, 0.1) is 3.57 Å². The molecule has 2 aromatic carbocycles. The SMILES string of the molecule is O=C(COC(=O)c1ccccc1I)NCc1ccccc1Br. The number of carbonyl (C=O) groups excluding carboxylic acids is 2. The minimum atomic E-state index is -0.499. The van der Waals surface area contributed by atoms with E-state index in [0.29, 0.717) is 12.1 Å². The predicted molar refractivity (Wildman–Crippen MR) is 95.4 cm³/mol. The van der Waals surface area contributed by atoms with Crippen LogP contribution in [-0.4, -0.2) is 18.5 Å². The zero-order chi connectivity index (χ0) is 15.9. The molecule has 1 N–H and O–H groups in total. The van der Waals surface area contributed by atoms with Crippen LogP contribution in [0.3, 0.4) is 0 Å². The lowest BCUT2D eigenvalue weighted by Gasteiger charge is -2.08. The summed E-state index contributed by atoms with van der Waals surface area (Å²) in [5.74, 6) is -0.837. The second kappa shape index (κ2) is 8.28. The summed E-state index contributed by atoms with van der Waals surface area (Å²) < 4.78 is 6.73. The van der Waals surface area contributed by atoms with Crippen molar-refractivity contribution < 1.29 is 14.3 Å². The zero-order valence-corrected chi connectivity index (χ0v) is 15.3. The maximum atomic E-state index is 11.9. The third-order valence-corrected chi connectivity index (χ3v) is 4.58. The highest BCUT2D eigenvalue weighted by Gasteiger charge is 2.12. The molecule has 6 heteroatoms. The molecule has 0 spiro atoms. The molecule has 0 aliphatic heterocycles. The average molecular weight is 474 g/mol. The van der Waals surface area contributed by atoms with Gasteiger partial charge >= 0.3 is 5.97 Å². The number of hydrogen-bond acceptors (Lipinski definition) is 3. The second-order valence-corrected chi connectivity index (χ2v) is 6.44. The van der Waals surface area contributed by atoms with E-state index in [0.717, 1.165) is 13.6 Å². The summed E-state index contributed by atoms with van der Waals surface area (Å²) in [5, 5.41) is 2.71. The molecule has 0 unspecified atom stereocenters. The Morgan fingerprint density at radius 2 is 1.77 bits per heavy atom. The normalized spacial score (nSPS) is 10.1. The topological polar surface area (TPSA) is 55.4 Å². The van der Waals surface area contributed by atoms with Gasteiger partial charge in [0.05, 0.1) is 5.56 Å². The first-order chi connectivity index (χ1) is 10.6. The van der Waals surface area contributed by atoms with Gasteiger partial charge in [0, 0.05) is 14.6 Å². The summed E-state index contributed by atoms with van der Waals surface area (Å²) in [6.45, 7) is 0.0783. The summed E-state index contributed by atoms with van der Waals surface area (Å²) in [5.41, 5.74) is 1.42. The smallest absolute Gasteiger partial charge is 0.339 e. The molecule has 0 heterocycles. The number of halogens is 2. The lowest BCUT2D eigenvalue weighted by Crippen LogP contribution is -2.28. The Morgan fingerprint density at radius 3 is 2.50 bits per heavy atom. The van der Waals surface area contributed by atoms with E-state index in [2.05, 4.69) is 43.8 Å². The summed E-state index contributed by atoms with van der Waals surface area (Å²) in [6, 6.07) is 14.7. The van der Waals surface area contributed by atoms with Crippen LogP contribution in [0.15, 0.2) is 53.0 Å². The Balaban J connectivity index is 1.82. The minimum Gasteiger partial charge on any atom is -0.452 e. The van der Waals surface area contributed by atoms with E-state index in [1.165, 1.54) is 0 Å². The summed E-state index contributed by atoms with van der Waals surface area (Å²) in [6.07, 6.45) is 0. The number of amides is 1. The molecule has 4 nitrogen and oxygen atoms in total. The molecule has 0 aliphatic rings. The molecule has 0 fully saturated rings. The standard InChI is InChI=1S/C16H13BrINO3/c17-13-7-3-1-5-11(13)9-19-15(20)10-22-16(21)12-6-2-4-8-14(12)18/h1-8H,9-10H2,(H,19,20). The molecule has 22 heavy (non-hydrogen) atoms. The lowest BCUT2D eigenvalue weighted by molar-refractivity contribution is -0.124. The van der Waals surface area contributed by atoms with Crippen molar-refractivity contribution in [1.29, 1.82) is 0 Å². The number of ether oxygens (including phenoxy) is 1. The third-order valence-electron chi connectivity index (χ3n) is 2.86. The molecule has 0 aliphatic carbocycles. The molecular formula is C16H13BrINO3. The highest BCUT2D eigenvalue weighted by molar-refractivity contribution is 14.1. The lowest BCUT2D eigenvalue weighted by atomic mass is 10.2. The van der Waals surface area contributed by atoms with Gasteiger partial charge in [0.2, 0.25) is 0 Å². The van der Waals surface area contributed by atoms with Gasteiger partial charge in [-0.05, 0) is 46.4 Å². The van der Waals surface area contributed by atoms with Gasteiger partial charge in [-0.15, -0.1) is 0 Å². The molecule has 0 aromatic heterocycles. The average Bonchev–Trinajstić information content (AvgIpc) is 2.52. The predicted octanol–water partition coefficient (Wildman–Crippen LogP) is 3.53. The van der Waals surface area contributed by atoms with Crippen LogP contribution in [0.4, 0.5) is 0 Å². The van der Waals surface area contributed by atoms with E-state index < -0.39 is 5.97 Å². The Bertz CT molecular complexity index is 691. The molecule has 2 rings (SSSR count). The van der Waals surface area contributed by atoms with Crippen molar-refractivity contribution in [3.05, 3.63) is 67.7 Å². The molecule has 1 amide bonds. The molecule has 0 atom stereocenters. The number of rotatable bonds is 5. The largest absolute Gasteiger partial charge is 0.452 e. The van der Waals surface area contributed by atoms with Crippen LogP contribution < -0.4 is 5.32 Å². The molecule has 0 radical (unpaired) electrons. The van der Waals surface area contributed by atoms with E-state index in [-0.39, 0.29) is 12.5 Å². The first-order valence-electron chi connectivity index (χ1n) is 6.49. The Hall–Kier alpha value is -1.41. The monoisotopic (exact) mass is 473 g/mol. The van der Waals surface area contributed by atoms with Crippen molar-refractivity contribution in [3.63, 3.8) is 0 Å². The van der Waals surface area contributed by atoms with E-state index in [9.17, 15) is 9.59 Å². The molecular weight excluding hydrogens is 461 g/mol. The van der Waals surface area contributed by atoms with Crippen LogP contribution in [0.1, 0.15) is 15.9 Å². The molecule has 0 saturated heterocycles. The van der Waals surface area contributed by atoms with Gasteiger partial charge in [-0.1, -0.05) is 46.3 Å². The van der Waals surface area contributed by atoms with Crippen LogP contribution in [0.5, 0.6) is 0 Å². The fourth-order valence-electron chi connectivity index (χ4n) is 1.72. The highest BCUT2D eigenvalue weighted by Crippen LogP contribution is 2.15. The number of hydrogen-bond donors (Lipinski definition) is 1. The maximum Gasteiger partial charge on any atom is 0.339 e. The van der Waals surface area contributed by atoms with Crippen molar-refractivity contribution in [2.45, 2.75) is 6.54 Å². The molecule has 0 saturated carbocycles. The first-order valence-corrected chi connectivity index (χ1v) is 8.37. The summed E-state index contributed by atoms with van der Waals surface area (Å²) in [7, 11) is 0. The fourth-order valence-corrected chi connectivity index (χ4v) is 2.75. The van der Waals surface area contributed by atoms with Gasteiger partial charge in [0.25, 0.3) is 5.91 Å². The Kier molecular flexibility index (Phi) is 6.38. The third kappa shape index (κ3) is 4.81. The van der Waals surface area contributed by atoms with Crippen molar-refractivity contribution in [3.8, 4) is 0 Å². The minimum absolute atomic E-state index is 0.297. The van der Waals surface area contributed by atoms with Gasteiger partial charge < -0.3 is 10.1 Å². The van der Waals surface area contributed by atoms with E-state index in [4.69, 9.17) is 4.74 Å². The van der Waals surface area contributed by atoms with Gasteiger partial charge in [-0.3, -0.25) is 4.79 Å². The molecule has 2 aromatic rings. The van der Waals surface area contributed by atoms with Gasteiger partial charge in [0.15, 0.2) is 6.61 Å². The van der Waals surface area contributed by atoms with E-state index in [1.54, 1.807) is 12.1 Å². The number of benzene rings is 2. The van der Waals surface area contributed by atoms with Crippen molar-refractivity contribution in [2.75, 3.05) is 6.61 Å². The van der Waals surface area contributed by atoms with Gasteiger partial charge in [0.1, 0.15) is 0 Å². The number of carbonyl (C=O) groups is 2. The molecule has 0 bridgehead atoms. The Morgan fingerprint density at radius 1 is 1.09 bits per heavy atom. The van der Waals surface area contributed by atoms with E-state index >= 15 is 0 Å². The summed E-state index contributed by atoms with van der Waals surface area (Å²) in [4.78, 5) is 23.6. The fraction of sp³-hybridized carbons (Fsp3) is 0.125. The first kappa shape index (κ1) is 17.0. The molecule has 114 valence electrons. The number of esters is 1. The quantitative estimate of drug-likeness (QED) is 0.534. The van der Waals surface area contributed by atoms with Crippen molar-refractivity contribution >= 4 is 50.4 Å². The van der Waals surface area contributed by atoms with E-state index in [1.807, 2.05) is 36.4 Å². The van der Waals surface area contributed by atoms with Crippen LogP contribution >= 0.6 is 38.5 Å². The maximum absolute atomic E-state index is 11.9. The Labute approximate surface area is 150 Å². The highest BCUT2D eigenvalue weighted by atomic mass is 127. The van der Waals surface area contributed by atoms with Crippen LogP contribution in [-0.2, 0) is 16.1 Å². The summed E-state index contributed by atoms with van der Waals surface area (Å²) >= 11 is 5.46. The van der Waals surface area contributed by atoms with Crippen molar-refractivity contribution in [1.82, 2.24) is 5.32 Å². The zero-order valence-electron chi connectivity index (χ0n) is 11.5. The van der Waals surface area contributed by atoms with Gasteiger partial charge in [-0.25, -0.2) is 4.79 Å². The second-order valence-electron chi connectivity index (χ2n) is 4.42. The number of nitrogens with one attached hydrogen (secondary N) is 1. The van der Waals surface area contributed by atoms with Crippen LogP contribution in [0.2, 0.25) is 0 Å². The van der Waals surface area contributed by atoms with Crippen LogP contribution in [0.25, 0.3) is 0 Å².